The van der Waals surface area contributed by atoms with E-state index in [4.69, 9.17) is 35.1 Å². The van der Waals surface area contributed by atoms with Crippen LogP contribution in [0.25, 0.3) is 10.9 Å². The second-order valence-electron chi connectivity index (χ2n) is 11.3. The minimum absolute atomic E-state index is 0.260. The lowest BCUT2D eigenvalue weighted by Gasteiger charge is -2.42. The molecular formula is C28H26B3ClN8. The van der Waals surface area contributed by atoms with Crippen molar-refractivity contribution < 1.29 is 0 Å². The number of nitriles is 2. The van der Waals surface area contributed by atoms with Gasteiger partial charge in [0.05, 0.1) is 60.3 Å². The molecule has 4 N–H and O–H groups in total. The lowest BCUT2D eigenvalue weighted by Crippen LogP contribution is -2.51. The molecule has 2 aliphatic rings. The summed E-state index contributed by atoms with van der Waals surface area (Å²) in [6.45, 7) is 5.69. The number of benzene rings is 2. The maximum absolute atomic E-state index is 9.88. The van der Waals surface area contributed by atoms with Crippen LogP contribution >= 0.6 is 11.6 Å². The molecule has 3 aromatic rings. The number of hydrazine groups is 2. The molecule has 194 valence electrons. The fourth-order valence-corrected chi connectivity index (χ4v) is 4.65. The van der Waals surface area contributed by atoms with E-state index >= 15 is 0 Å². The Morgan fingerprint density at radius 2 is 1.82 bits per heavy atom. The average Bonchev–Trinajstić information content (AvgIpc) is 3.63. The van der Waals surface area contributed by atoms with E-state index in [-0.39, 0.29) is 5.56 Å². The van der Waals surface area contributed by atoms with Gasteiger partial charge in [0.2, 0.25) is 0 Å². The van der Waals surface area contributed by atoms with Gasteiger partial charge in [-0.3, -0.25) is 9.99 Å². The van der Waals surface area contributed by atoms with Crippen LogP contribution < -0.4 is 21.6 Å². The molecule has 0 bridgehead atoms. The molecule has 2 aromatic carbocycles. The van der Waals surface area contributed by atoms with E-state index in [1.54, 1.807) is 30.3 Å². The third-order valence-corrected chi connectivity index (χ3v) is 7.65. The van der Waals surface area contributed by atoms with Crippen molar-refractivity contribution in [2.45, 2.75) is 50.4 Å². The highest BCUT2D eigenvalue weighted by Crippen LogP contribution is 2.40. The Morgan fingerprint density at radius 3 is 2.48 bits per heavy atom. The molecule has 1 aromatic heterocycles. The number of halogens is 1. The smallest absolute Gasteiger partial charge is 0.119 e. The molecule has 12 heteroatoms. The van der Waals surface area contributed by atoms with Crippen LogP contribution in [-0.4, -0.2) is 44.9 Å². The Kier molecular flexibility index (Phi) is 6.94. The summed E-state index contributed by atoms with van der Waals surface area (Å²) in [5.74, 6) is 0. The highest BCUT2D eigenvalue weighted by Gasteiger charge is 2.38. The van der Waals surface area contributed by atoms with E-state index in [2.05, 4.69) is 38.7 Å². The van der Waals surface area contributed by atoms with E-state index < -0.39 is 16.2 Å². The van der Waals surface area contributed by atoms with Gasteiger partial charge in [0.25, 0.3) is 0 Å². The Balaban J connectivity index is 1.64. The van der Waals surface area contributed by atoms with Gasteiger partial charge < -0.3 is 16.1 Å². The Bertz CT molecular complexity index is 1600. The highest BCUT2D eigenvalue weighted by molar-refractivity contribution is 6.42. The van der Waals surface area contributed by atoms with E-state index in [0.29, 0.717) is 50.2 Å². The summed E-state index contributed by atoms with van der Waals surface area (Å²) in [5.41, 5.74) is 7.93. The highest BCUT2D eigenvalue weighted by atomic mass is 35.5. The molecule has 1 aliphatic carbocycles. The van der Waals surface area contributed by atoms with Gasteiger partial charge in [-0.1, -0.05) is 44.5 Å². The molecule has 5 rings (SSSR count). The van der Waals surface area contributed by atoms with Crippen molar-refractivity contribution in [3.05, 3.63) is 76.2 Å². The number of aromatic nitrogens is 1. The molecule has 6 radical (unpaired) electrons. The number of hydrogen-bond acceptors (Lipinski definition) is 8. The average molecular weight is 542 g/mol. The summed E-state index contributed by atoms with van der Waals surface area (Å²) >= 11 is 6.74. The zero-order valence-corrected chi connectivity index (χ0v) is 23.3. The Hall–Kier alpha value is -3.79. The van der Waals surface area contributed by atoms with Gasteiger partial charge in [0.1, 0.15) is 13.9 Å². The number of anilines is 2. The molecular weight excluding hydrogens is 516 g/mol. The molecule has 1 atom stereocenters. The SMILES string of the molecule is [B]C(Nc1cc(Cl)c2ncc(C#N)c(NC([B])([B])C(C)(C)C)c2c1)(C1=CN(C2CC2)NN1)c1cccc(C#N)c1. The first-order chi connectivity index (χ1) is 18.9. The van der Waals surface area contributed by atoms with E-state index in [1.807, 2.05) is 38.0 Å². The topological polar surface area (TPSA) is 112 Å². The molecule has 1 fully saturated rings. The summed E-state index contributed by atoms with van der Waals surface area (Å²) in [4.78, 5) is 4.42. The Labute approximate surface area is 243 Å². The molecule has 0 amide bonds. The van der Waals surface area contributed by atoms with Crippen molar-refractivity contribution in [2.24, 2.45) is 5.41 Å². The van der Waals surface area contributed by atoms with Crippen molar-refractivity contribution in [3.63, 3.8) is 0 Å². The molecule has 1 saturated carbocycles. The van der Waals surface area contributed by atoms with Crippen molar-refractivity contribution in [1.82, 2.24) is 21.0 Å². The summed E-state index contributed by atoms with van der Waals surface area (Å²) in [6.07, 6.45) is 5.52. The second-order valence-corrected chi connectivity index (χ2v) is 11.7. The van der Waals surface area contributed by atoms with E-state index in [0.717, 1.165) is 12.8 Å². The summed E-state index contributed by atoms with van der Waals surface area (Å²) in [7, 11) is 20.0. The van der Waals surface area contributed by atoms with Gasteiger partial charge in [-0.05, 0) is 53.4 Å². The number of hydrogen-bond donors (Lipinski definition) is 4. The number of rotatable bonds is 7. The number of pyridine rings is 1. The minimum atomic E-state index is -1.37. The molecule has 0 spiro atoms. The minimum Gasteiger partial charge on any atom is -0.395 e. The standard InChI is InChI=1S/C28H26B3ClN8/c1-26(2,3)28(30,31)37-24-17(13-34)14-35-25-21(24)10-19(11-22(25)32)36-27(29,18-6-4-5-16(9-18)12-33)23-15-40(39-38-23)20-7-8-20/h4-6,9-11,14-15,20,36,38-39H,7-8H2,1-3H3,(H,35,37). The van der Waals surface area contributed by atoms with E-state index in [9.17, 15) is 10.5 Å². The maximum atomic E-state index is 9.88. The molecule has 1 aliphatic heterocycles. The fourth-order valence-electron chi connectivity index (χ4n) is 4.38. The molecule has 2 heterocycles. The van der Waals surface area contributed by atoms with Crippen LogP contribution in [0.2, 0.25) is 5.02 Å². The van der Waals surface area contributed by atoms with E-state index in [1.165, 1.54) is 6.20 Å². The van der Waals surface area contributed by atoms with Crippen LogP contribution in [0.3, 0.4) is 0 Å². The number of fused-ring (bicyclic) bond motifs is 1. The number of nitrogens with one attached hydrogen (secondary N) is 4. The predicted octanol–water partition coefficient (Wildman–Crippen LogP) is 3.84. The molecule has 8 nitrogen and oxygen atoms in total. The molecule has 1 unspecified atom stereocenters. The number of nitrogens with zero attached hydrogens (tertiary/aromatic N) is 4. The quantitative estimate of drug-likeness (QED) is 0.334. The summed E-state index contributed by atoms with van der Waals surface area (Å²) in [5, 5.41) is 27.5. The second kappa shape index (κ2) is 10.00. The molecule has 40 heavy (non-hydrogen) atoms. The van der Waals surface area contributed by atoms with Crippen LogP contribution in [0.15, 0.2) is 54.5 Å². The van der Waals surface area contributed by atoms with Crippen molar-refractivity contribution in [1.29, 1.82) is 10.5 Å². The van der Waals surface area contributed by atoms with Gasteiger partial charge in [0.15, 0.2) is 0 Å². The van der Waals surface area contributed by atoms with Crippen molar-refractivity contribution in [3.8, 4) is 12.1 Å². The van der Waals surface area contributed by atoms with Crippen LogP contribution in [0, 0.1) is 28.1 Å². The third-order valence-electron chi connectivity index (χ3n) is 7.36. The summed E-state index contributed by atoms with van der Waals surface area (Å²) < 4.78 is 0. The molecule has 0 saturated heterocycles. The van der Waals surface area contributed by atoms with Crippen LogP contribution in [0.5, 0.6) is 0 Å². The first-order valence-electron chi connectivity index (χ1n) is 12.8. The van der Waals surface area contributed by atoms with Gasteiger partial charge in [-0.2, -0.15) is 10.5 Å². The van der Waals surface area contributed by atoms with Crippen molar-refractivity contribution >= 4 is 57.4 Å². The maximum Gasteiger partial charge on any atom is 0.119 e. The van der Waals surface area contributed by atoms with Gasteiger partial charge >= 0.3 is 0 Å². The first-order valence-corrected chi connectivity index (χ1v) is 13.2. The van der Waals surface area contributed by atoms with Gasteiger partial charge in [-0.15, -0.1) is 5.53 Å². The van der Waals surface area contributed by atoms with Crippen molar-refractivity contribution in [2.75, 3.05) is 10.6 Å². The fraction of sp³-hybridized carbons (Fsp3) is 0.321. The Morgan fingerprint density at radius 1 is 1.07 bits per heavy atom. The third kappa shape index (κ3) is 5.08. The van der Waals surface area contributed by atoms with Crippen LogP contribution in [-0.2, 0) is 5.44 Å². The zero-order valence-electron chi connectivity index (χ0n) is 22.5. The predicted molar refractivity (Wildman–Crippen MR) is 160 cm³/mol. The zero-order chi connectivity index (χ0) is 28.9. The van der Waals surface area contributed by atoms with Crippen LogP contribution in [0.1, 0.15) is 50.3 Å². The van der Waals surface area contributed by atoms with Gasteiger partial charge in [0, 0.05) is 29.5 Å². The monoisotopic (exact) mass is 542 g/mol. The largest absolute Gasteiger partial charge is 0.395 e. The first kappa shape index (κ1) is 27.8. The normalized spacial score (nSPS) is 16.9. The van der Waals surface area contributed by atoms with Gasteiger partial charge in [-0.25, -0.2) is 0 Å². The van der Waals surface area contributed by atoms with Crippen LogP contribution in [0.4, 0.5) is 11.4 Å². The lowest BCUT2D eigenvalue weighted by molar-refractivity contribution is 0.260. The lowest BCUT2D eigenvalue weighted by atomic mass is 9.49. The summed E-state index contributed by atoms with van der Waals surface area (Å²) in [6, 6.07) is 15.3.